The van der Waals surface area contributed by atoms with E-state index in [1.165, 1.54) is 0 Å². The van der Waals surface area contributed by atoms with E-state index in [9.17, 15) is 4.79 Å². The van der Waals surface area contributed by atoms with E-state index in [0.29, 0.717) is 0 Å². The van der Waals surface area contributed by atoms with Crippen LogP contribution in [-0.4, -0.2) is 68.2 Å². The molecule has 1 atom stereocenters. The van der Waals surface area contributed by atoms with E-state index in [1.807, 2.05) is 7.05 Å². The van der Waals surface area contributed by atoms with E-state index in [-0.39, 0.29) is 11.3 Å². The summed E-state index contributed by atoms with van der Waals surface area (Å²) in [5.74, 6) is 0.00468. The molecule has 1 amide bonds. The number of nitrogens with two attached hydrogens (primary N) is 1. The third kappa shape index (κ3) is 4.92. The second kappa shape index (κ2) is 6.50. The summed E-state index contributed by atoms with van der Waals surface area (Å²) in [6, 6.07) is -0.422. The Morgan fingerprint density at radius 1 is 1.44 bits per heavy atom. The molecular weight excluding hydrogens is 230 g/mol. The maximum absolute atomic E-state index is 11.8. The highest BCUT2D eigenvalue weighted by atomic mass is 16.5. The Bertz CT molecular complexity index is 273. The fourth-order valence-corrected chi connectivity index (χ4v) is 2.48. The third-order valence-electron chi connectivity index (χ3n) is 3.19. The smallest absolute Gasteiger partial charge is 0.238 e. The molecule has 106 valence electrons. The Kier molecular flexibility index (Phi) is 5.56. The molecule has 0 bridgehead atoms. The number of ether oxygens (including phenoxy) is 1. The van der Waals surface area contributed by atoms with Crippen molar-refractivity contribution in [3.8, 4) is 0 Å². The first-order valence-corrected chi connectivity index (χ1v) is 6.62. The van der Waals surface area contributed by atoms with Gasteiger partial charge in [-0.25, -0.2) is 0 Å². The zero-order chi connectivity index (χ0) is 13.8. The summed E-state index contributed by atoms with van der Waals surface area (Å²) < 4.78 is 5.34. The van der Waals surface area contributed by atoms with Gasteiger partial charge in [0.15, 0.2) is 0 Å². The van der Waals surface area contributed by atoms with Gasteiger partial charge in [-0.2, -0.15) is 0 Å². The minimum absolute atomic E-state index is 0.00468. The van der Waals surface area contributed by atoms with Crippen LogP contribution in [0.5, 0.6) is 0 Å². The molecular formula is C13H27N3O2. The molecule has 0 spiro atoms. The second-order valence-electron chi connectivity index (χ2n) is 6.04. The van der Waals surface area contributed by atoms with Gasteiger partial charge in [0, 0.05) is 33.2 Å². The molecule has 5 heteroatoms. The molecule has 1 unspecified atom stereocenters. The van der Waals surface area contributed by atoms with Gasteiger partial charge in [0.25, 0.3) is 0 Å². The van der Waals surface area contributed by atoms with E-state index in [2.05, 4.69) is 18.7 Å². The summed E-state index contributed by atoms with van der Waals surface area (Å²) in [5.41, 5.74) is 5.69. The number of carbonyl (C=O) groups is 1. The quantitative estimate of drug-likeness (QED) is 0.762. The molecule has 1 saturated heterocycles. The van der Waals surface area contributed by atoms with Crippen molar-refractivity contribution in [3.63, 3.8) is 0 Å². The zero-order valence-electron chi connectivity index (χ0n) is 12.1. The van der Waals surface area contributed by atoms with Gasteiger partial charge in [0.2, 0.25) is 5.91 Å². The Morgan fingerprint density at radius 3 is 2.50 bits per heavy atom. The molecule has 0 aromatic carbocycles. The molecule has 1 fully saturated rings. The molecule has 18 heavy (non-hydrogen) atoms. The summed E-state index contributed by atoms with van der Waals surface area (Å²) in [7, 11) is 1.83. The first kappa shape index (κ1) is 15.4. The number of nitrogens with zero attached hydrogens (tertiary/aromatic N) is 2. The third-order valence-corrected chi connectivity index (χ3v) is 3.19. The van der Waals surface area contributed by atoms with E-state index in [0.717, 1.165) is 39.4 Å². The van der Waals surface area contributed by atoms with Gasteiger partial charge in [-0.05, 0) is 12.3 Å². The van der Waals surface area contributed by atoms with Gasteiger partial charge in [-0.15, -0.1) is 0 Å². The van der Waals surface area contributed by atoms with Crippen molar-refractivity contribution >= 4 is 5.91 Å². The van der Waals surface area contributed by atoms with Crippen molar-refractivity contribution in [1.82, 2.24) is 9.80 Å². The summed E-state index contributed by atoms with van der Waals surface area (Å²) in [6.07, 6.45) is 0. The molecule has 1 rings (SSSR count). The monoisotopic (exact) mass is 257 g/mol. The van der Waals surface area contributed by atoms with Crippen LogP contribution in [0.25, 0.3) is 0 Å². The van der Waals surface area contributed by atoms with Crippen molar-refractivity contribution in [2.75, 3.05) is 46.4 Å². The van der Waals surface area contributed by atoms with Crippen LogP contribution in [0.4, 0.5) is 0 Å². The van der Waals surface area contributed by atoms with Crippen LogP contribution in [0.2, 0.25) is 0 Å². The first-order chi connectivity index (χ1) is 8.32. The molecule has 0 aliphatic carbocycles. The van der Waals surface area contributed by atoms with Crippen LogP contribution in [-0.2, 0) is 9.53 Å². The SMILES string of the molecule is CC(N)C(=O)N(C)CC(C)(C)CN1CCOCC1. The standard InChI is InChI=1S/C13H27N3O2/c1-11(14)12(17)15(4)9-13(2,3)10-16-5-7-18-8-6-16/h11H,5-10,14H2,1-4H3. The molecule has 1 heterocycles. The minimum Gasteiger partial charge on any atom is -0.379 e. The highest BCUT2D eigenvalue weighted by Gasteiger charge is 2.27. The van der Waals surface area contributed by atoms with Crippen molar-refractivity contribution in [2.24, 2.45) is 11.1 Å². The highest BCUT2D eigenvalue weighted by molar-refractivity contribution is 5.80. The first-order valence-electron chi connectivity index (χ1n) is 6.62. The maximum atomic E-state index is 11.8. The number of morpholine rings is 1. The number of likely N-dealkylation sites (N-methyl/N-ethyl adjacent to an activating group) is 1. The lowest BCUT2D eigenvalue weighted by Crippen LogP contribution is -2.48. The van der Waals surface area contributed by atoms with Gasteiger partial charge in [0.05, 0.1) is 19.3 Å². The average Bonchev–Trinajstić information content (AvgIpc) is 2.27. The highest BCUT2D eigenvalue weighted by Crippen LogP contribution is 2.19. The van der Waals surface area contributed by atoms with Gasteiger partial charge >= 0.3 is 0 Å². The van der Waals surface area contributed by atoms with Crippen LogP contribution in [0, 0.1) is 5.41 Å². The van der Waals surface area contributed by atoms with Crippen molar-refractivity contribution in [3.05, 3.63) is 0 Å². The number of amides is 1. The summed E-state index contributed by atoms with van der Waals surface area (Å²) in [5, 5.41) is 0. The van der Waals surface area contributed by atoms with E-state index in [4.69, 9.17) is 10.5 Å². The Hall–Kier alpha value is -0.650. The Labute approximate surface area is 110 Å². The van der Waals surface area contributed by atoms with Crippen LogP contribution in [0.1, 0.15) is 20.8 Å². The van der Waals surface area contributed by atoms with Crippen molar-refractivity contribution in [2.45, 2.75) is 26.8 Å². The fraction of sp³-hybridized carbons (Fsp3) is 0.923. The topological polar surface area (TPSA) is 58.8 Å². The molecule has 0 aromatic rings. The average molecular weight is 257 g/mol. The van der Waals surface area contributed by atoms with Crippen LogP contribution < -0.4 is 5.73 Å². The van der Waals surface area contributed by atoms with E-state index >= 15 is 0 Å². The lowest BCUT2D eigenvalue weighted by molar-refractivity contribution is -0.132. The zero-order valence-corrected chi connectivity index (χ0v) is 12.1. The van der Waals surface area contributed by atoms with Crippen LogP contribution in [0.15, 0.2) is 0 Å². The Balaban J connectivity index is 2.44. The molecule has 0 radical (unpaired) electrons. The van der Waals surface area contributed by atoms with Gasteiger partial charge in [-0.3, -0.25) is 9.69 Å². The van der Waals surface area contributed by atoms with Gasteiger partial charge < -0.3 is 15.4 Å². The maximum Gasteiger partial charge on any atom is 0.238 e. The molecule has 0 saturated carbocycles. The number of rotatable bonds is 5. The molecule has 2 N–H and O–H groups in total. The fourth-order valence-electron chi connectivity index (χ4n) is 2.48. The van der Waals surface area contributed by atoms with E-state index in [1.54, 1.807) is 11.8 Å². The van der Waals surface area contributed by atoms with Crippen LogP contribution in [0.3, 0.4) is 0 Å². The number of hydrogen-bond donors (Lipinski definition) is 1. The lowest BCUT2D eigenvalue weighted by atomic mass is 9.91. The Morgan fingerprint density at radius 2 is 2.00 bits per heavy atom. The van der Waals surface area contributed by atoms with Crippen molar-refractivity contribution in [1.29, 1.82) is 0 Å². The lowest BCUT2D eigenvalue weighted by Gasteiger charge is -2.37. The van der Waals surface area contributed by atoms with E-state index < -0.39 is 6.04 Å². The minimum atomic E-state index is -0.422. The summed E-state index contributed by atoms with van der Waals surface area (Å²) >= 11 is 0. The number of hydrogen-bond acceptors (Lipinski definition) is 4. The molecule has 0 aromatic heterocycles. The molecule has 5 nitrogen and oxygen atoms in total. The number of carbonyl (C=O) groups excluding carboxylic acids is 1. The van der Waals surface area contributed by atoms with Gasteiger partial charge in [0.1, 0.15) is 0 Å². The second-order valence-corrected chi connectivity index (χ2v) is 6.04. The van der Waals surface area contributed by atoms with Crippen LogP contribution >= 0.6 is 0 Å². The molecule has 1 aliphatic heterocycles. The predicted octanol–water partition coefficient (Wildman–Crippen LogP) is 0.150. The summed E-state index contributed by atoms with van der Waals surface area (Å²) in [4.78, 5) is 15.9. The molecule has 1 aliphatic rings. The van der Waals surface area contributed by atoms with Gasteiger partial charge in [-0.1, -0.05) is 13.8 Å². The normalized spacial score (nSPS) is 19.6. The largest absolute Gasteiger partial charge is 0.379 e. The predicted molar refractivity (Wildman–Crippen MR) is 72.3 cm³/mol. The van der Waals surface area contributed by atoms with Crippen molar-refractivity contribution < 1.29 is 9.53 Å². The summed E-state index contributed by atoms with van der Waals surface area (Å²) in [6.45, 7) is 11.4.